The average molecular weight is 381 g/mol. The number of hydrogen-bond donors (Lipinski definition) is 1. The van der Waals surface area contributed by atoms with Crippen LogP contribution in [-0.4, -0.2) is 37.5 Å². The highest BCUT2D eigenvalue weighted by Gasteiger charge is 2.05. The second-order valence-corrected chi connectivity index (χ2v) is 5.02. The summed E-state index contributed by atoms with van der Waals surface area (Å²) in [7, 11) is 2.10. The minimum atomic E-state index is 0. The smallest absolute Gasteiger partial charge is 0.193 e. The quantitative estimate of drug-likeness (QED) is 0.466. The number of hydrogen-bond acceptors (Lipinski definition) is 2. The van der Waals surface area contributed by atoms with Crippen LogP contribution in [0.15, 0.2) is 22.5 Å². The Morgan fingerprint density at radius 1 is 1.44 bits per heavy atom. The van der Waals surface area contributed by atoms with Gasteiger partial charge in [-0.25, -0.2) is 0 Å². The lowest BCUT2D eigenvalue weighted by atomic mass is 10.3. The number of likely N-dealkylation sites (N-methyl/N-ethyl adjacent to an activating group) is 1. The minimum Gasteiger partial charge on any atom is -0.357 e. The third-order valence-electron chi connectivity index (χ3n) is 2.46. The first-order valence-corrected chi connectivity index (χ1v) is 7.17. The van der Waals surface area contributed by atoms with Crippen molar-refractivity contribution in [1.29, 1.82) is 0 Å². The van der Waals surface area contributed by atoms with E-state index >= 15 is 0 Å². The highest BCUT2D eigenvalue weighted by Crippen LogP contribution is 2.09. The monoisotopic (exact) mass is 381 g/mol. The average Bonchev–Trinajstić information content (AvgIpc) is 2.84. The first kappa shape index (κ1) is 17.7. The van der Waals surface area contributed by atoms with E-state index in [1.165, 1.54) is 4.88 Å². The molecule has 0 fully saturated rings. The van der Waals surface area contributed by atoms with E-state index in [2.05, 4.69) is 53.6 Å². The van der Waals surface area contributed by atoms with Crippen molar-refractivity contribution in [3.8, 4) is 0 Å². The van der Waals surface area contributed by atoms with Gasteiger partial charge in [-0.2, -0.15) is 0 Å². The van der Waals surface area contributed by atoms with E-state index in [0.29, 0.717) is 0 Å². The summed E-state index contributed by atoms with van der Waals surface area (Å²) in [6, 6.07) is 4.30. The van der Waals surface area contributed by atoms with E-state index in [-0.39, 0.29) is 24.0 Å². The highest BCUT2D eigenvalue weighted by atomic mass is 127. The lowest BCUT2D eigenvalue weighted by molar-refractivity contribution is 0.486. The zero-order chi connectivity index (χ0) is 12.5. The Bertz CT molecular complexity index is 325. The van der Waals surface area contributed by atoms with E-state index in [1.54, 1.807) is 0 Å². The second-order valence-electron chi connectivity index (χ2n) is 3.99. The maximum absolute atomic E-state index is 4.57. The third-order valence-corrected chi connectivity index (χ3v) is 3.39. The standard InChI is InChI=1S/C13H23N3S.HI/c1-4-9-15-13(14-5-2)16(3)10-8-12-7-6-11-17-12;/h6-7,11H,4-5,8-10H2,1-3H3,(H,14,15);1H. The number of guanidine groups is 1. The third kappa shape index (κ3) is 6.58. The fraction of sp³-hybridized carbons (Fsp3) is 0.615. The van der Waals surface area contributed by atoms with Crippen LogP contribution < -0.4 is 5.32 Å². The molecular weight excluding hydrogens is 357 g/mol. The summed E-state index contributed by atoms with van der Waals surface area (Å²) in [4.78, 5) is 8.21. The Kier molecular flexibility index (Phi) is 10.4. The Labute approximate surface area is 132 Å². The summed E-state index contributed by atoms with van der Waals surface area (Å²) in [5.41, 5.74) is 0. The van der Waals surface area contributed by atoms with Crippen LogP contribution in [0.2, 0.25) is 0 Å². The molecule has 104 valence electrons. The van der Waals surface area contributed by atoms with Crippen LogP contribution >= 0.6 is 35.3 Å². The molecule has 18 heavy (non-hydrogen) atoms. The van der Waals surface area contributed by atoms with Gasteiger partial charge in [-0.3, -0.25) is 4.99 Å². The van der Waals surface area contributed by atoms with Gasteiger partial charge in [-0.05, 0) is 31.2 Å². The molecule has 1 aromatic heterocycles. The molecule has 1 aromatic rings. The number of thiophene rings is 1. The molecule has 1 N–H and O–H groups in total. The number of nitrogens with zero attached hydrogens (tertiary/aromatic N) is 2. The molecule has 0 atom stereocenters. The van der Waals surface area contributed by atoms with Gasteiger partial charge in [0.05, 0.1) is 0 Å². The van der Waals surface area contributed by atoms with Gasteiger partial charge in [-0.1, -0.05) is 13.0 Å². The van der Waals surface area contributed by atoms with Crippen LogP contribution in [0.3, 0.4) is 0 Å². The van der Waals surface area contributed by atoms with Gasteiger partial charge in [0.1, 0.15) is 0 Å². The minimum absolute atomic E-state index is 0. The molecule has 0 aliphatic heterocycles. The molecule has 0 aliphatic carbocycles. The zero-order valence-electron chi connectivity index (χ0n) is 11.5. The molecule has 0 aromatic carbocycles. The van der Waals surface area contributed by atoms with Crippen molar-refractivity contribution < 1.29 is 0 Å². The van der Waals surface area contributed by atoms with Crippen LogP contribution in [0.5, 0.6) is 0 Å². The SMILES string of the molecule is CCCN=C(NCC)N(C)CCc1cccs1.I. The number of aliphatic imine (C=N–C) groups is 1. The topological polar surface area (TPSA) is 27.6 Å². The van der Waals surface area contributed by atoms with Crippen LogP contribution in [0, 0.1) is 0 Å². The Hall–Kier alpha value is -0.300. The summed E-state index contributed by atoms with van der Waals surface area (Å²) >= 11 is 1.82. The fourth-order valence-electron chi connectivity index (χ4n) is 1.53. The van der Waals surface area contributed by atoms with E-state index in [4.69, 9.17) is 0 Å². The first-order valence-electron chi connectivity index (χ1n) is 6.29. The van der Waals surface area contributed by atoms with Gasteiger partial charge < -0.3 is 10.2 Å². The largest absolute Gasteiger partial charge is 0.357 e. The van der Waals surface area contributed by atoms with Crippen LogP contribution in [-0.2, 0) is 6.42 Å². The molecule has 0 aliphatic rings. The summed E-state index contributed by atoms with van der Waals surface area (Å²) < 4.78 is 0. The van der Waals surface area contributed by atoms with Crippen LogP contribution in [0.1, 0.15) is 25.1 Å². The molecule has 0 saturated carbocycles. The van der Waals surface area contributed by atoms with Gasteiger partial charge in [0.15, 0.2) is 5.96 Å². The van der Waals surface area contributed by atoms with E-state index in [0.717, 1.165) is 38.4 Å². The van der Waals surface area contributed by atoms with Crippen LogP contribution in [0.4, 0.5) is 0 Å². The molecule has 0 amide bonds. The Morgan fingerprint density at radius 2 is 2.22 bits per heavy atom. The molecule has 1 rings (SSSR count). The molecule has 3 nitrogen and oxygen atoms in total. The second kappa shape index (κ2) is 10.6. The van der Waals surface area contributed by atoms with Gasteiger partial charge in [0, 0.05) is 31.6 Å². The van der Waals surface area contributed by atoms with E-state index < -0.39 is 0 Å². The van der Waals surface area contributed by atoms with Crippen molar-refractivity contribution in [1.82, 2.24) is 10.2 Å². The van der Waals surface area contributed by atoms with Gasteiger partial charge in [-0.15, -0.1) is 35.3 Å². The van der Waals surface area contributed by atoms with Crippen LogP contribution in [0.25, 0.3) is 0 Å². The summed E-state index contributed by atoms with van der Waals surface area (Å²) in [5.74, 6) is 1.02. The van der Waals surface area contributed by atoms with Gasteiger partial charge in [0.2, 0.25) is 0 Å². The van der Waals surface area contributed by atoms with Crippen molar-refractivity contribution in [3.05, 3.63) is 22.4 Å². The van der Waals surface area contributed by atoms with Gasteiger partial charge in [0.25, 0.3) is 0 Å². The molecule has 0 spiro atoms. The summed E-state index contributed by atoms with van der Waals surface area (Å²) in [5, 5.41) is 5.46. The highest BCUT2D eigenvalue weighted by molar-refractivity contribution is 14.0. The molecule has 1 heterocycles. The first-order chi connectivity index (χ1) is 8.27. The number of rotatable bonds is 6. The van der Waals surface area contributed by atoms with E-state index in [1.807, 2.05) is 11.3 Å². The molecular formula is C13H24IN3S. The van der Waals surface area contributed by atoms with Crippen molar-refractivity contribution in [3.63, 3.8) is 0 Å². The Morgan fingerprint density at radius 3 is 2.78 bits per heavy atom. The lowest BCUT2D eigenvalue weighted by Gasteiger charge is -2.21. The molecule has 5 heteroatoms. The lowest BCUT2D eigenvalue weighted by Crippen LogP contribution is -2.40. The molecule has 0 radical (unpaired) electrons. The summed E-state index contributed by atoms with van der Waals surface area (Å²) in [6.07, 6.45) is 2.18. The predicted octanol–water partition coefficient (Wildman–Crippen LogP) is 3.22. The van der Waals surface area contributed by atoms with Crippen molar-refractivity contribution >= 4 is 41.3 Å². The van der Waals surface area contributed by atoms with Gasteiger partial charge >= 0.3 is 0 Å². The van der Waals surface area contributed by atoms with Crippen molar-refractivity contribution in [2.24, 2.45) is 4.99 Å². The molecule has 0 saturated heterocycles. The fourth-order valence-corrected chi connectivity index (χ4v) is 2.22. The Balaban J connectivity index is 0.00000289. The maximum Gasteiger partial charge on any atom is 0.193 e. The number of halogens is 1. The maximum atomic E-state index is 4.57. The zero-order valence-corrected chi connectivity index (χ0v) is 14.6. The van der Waals surface area contributed by atoms with Crippen molar-refractivity contribution in [2.45, 2.75) is 26.7 Å². The number of nitrogens with one attached hydrogen (secondary N) is 1. The van der Waals surface area contributed by atoms with E-state index in [9.17, 15) is 0 Å². The predicted molar refractivity (Wildman–Crippen MR) is 92.3 cm³/mol. The van der Waals surface area contributed by atoms with Crippen molar-refractivity contribution in [2.75, 3.05) is 26.7 Å². The summed E-state index contributed by atoms with van der Waals surface area (Å²) in [6.45, 7) is 7.08. The molecule has 0 unspecified atom stereocenters. The normalized spacial score (nSPS) is 10.9. The molecule has 0 bridgehead atoms.